The Morgan fingerprint density at radius 3 is 2.74 bits per heavy atom. The van der Waals surface area contributed by atoms with Crippen molar-refractivity contribution in [2.75, 3.05) is 6.54 Å². The second kappa shape index (κ2) is 5.15. The van der Waals surface area contributed by atoms with Crippen LogP contribution < -0.4 is 5.32 Å². The topological polar surface area (TPSA) is 75.5 Å². The van der Waals surface area contributed by atoms with Gasteiger partial charge in [0, 0.05) is 12.6 Å². The van der Waals surface area contributed by atoms with Gasteiger partial charge >= 0.3 is 0 Å². The van der Waals surface area contributed by atoms with Crippen molar-refractivity contribution in [3.8, 4) is 0 Å². The zero-order chi connectivity index (χ0) is 14.0. The Labute approximate surface area is 114 Å². The average molecular weight is 277 g/mol. The average Bonchev–Trinajstić information content (AvgIpc) is 2.64. The number of rotatable bonds is 3. The molecule has 1 aliphatic heterocycles. The highest BCUT2D eigenvalue weighted by molar-refractivity contribution is 7.80. The molecule has 0 saturated carbocycles. The van der Waals surface area contributed by atoms with Gasteiger partial charge in [-0.05, 0) is 31.3 Å². The fraction of sp³-hybridized carbons (Fsp3) is 0.167. The minimum absolute atomic E-state index is 0.0505. The van der Waals surface area contributed by atoms with Crippen LogP contribution in [-0.4, -0.2) is 27.4 Å². The van der Waals surface area contributed by atoms with Crippen molar-refractivity contribution in [1.29, 1.82) is 0 Å². The maximum Gasteiger partial charge on any atom is 0.276 e. The Morgan fingerprint density at radius 1 is 1.47 bits per heavy atom. The first-order valence-corrected chi connectivity index (χ1v) is 6.03. The third-order valence-corrected chi connectivity index (χ3v) is 3.03. The maximum absolute atomic E-state index is 12.0. The smallest absolute Gasteiger partial charge is 0.276 e. The van der Waals surface area contributed by atoms with E-state index in [1.54, 1.807) is 25.1 Å². The standard InChI is InChI=1S/C12H11N3O3S/c1-2-14-11(16)9(13-12(14)19)7-8-5-3-4-6-10(8)15(17)18/h3-7H,2H2,1H3,(H,13,19)/b9-7+. The lowest BCUT2D eigenvalue weighted by Gasteiger charge is -2.08. The molecular formula is C12H11N3O3S. The predicted octanol–water partition coefficient (Wildman–Crippen LogP) is 1.67. The summed E-state index contributed by atoms with van der Waals surface area (Å²) in [5.74, 6) is -0.273. The van der Waals surface area contributed by atoms with E-state index < -0.39 is 4.92 Å². The van der Waals surface area contributed by atoms with Crippen LogP contribution in [0.25, 0.3) is 6.08 Å². The lowest BCUT2D eigenvalue weighted by atomic mass is 10.1. The zero-order valence-electron chi connectivity index (χ0n) is 10.1. The Hall–Kier alpha value is -2.28. The van der Waals surface area contributed by atoms with E-state index in [4.69, 9.17) is 12.2 Å². The molecule has 1 aromatic rings. The molecule has 1 fully saturated rings. The second-order valence-electron chi connectivity index (χ2n) is 3.85. The number of carbonyl (C=O) groups is 1. The van der Waals surface area contributed by atoms with Crippen LogP contribution in [0.4, 0.5) is 5.69 Å². The Bertz CT molecular complexity index is 598. The molecule has 7 heteroatoms. The molecule has 0 atom stereocenters. The molecule has 6 nitrogen and oxygen atoms in total. The number of nitro benzene ring substituents is 1. The fourth-order valence-corrected chi connectivity index (χ4v) is 2.11. The molecule has 19 heavy (non-hydrogen) atoms. The summed E-state index contributed by atoms with van der Waals surface area (Å²) in [7, 11) is 0. The molecule has 98 valence electrons. The van der Waals surface area contributed by atoms with Crippen molar-refractivity contribution in [3.63, 3.8) is 0 Å². The molecule has 1 amide bonds. The quantitative estimate of drug-likeness (QED) is 0.394. The van der Waals surface area contributed by atoms with Gasteiger partial charge in [-0.2, -0.15) is 0 Å². The Kier molecular flexibility index (Phi) is 3.57. The normalized spacial score (nSPS) is 16.9. The maximum atomic E-state index is 12.0. The van der Waals surface area contributed by atoms with Gasteiger partial charge < -0.3 is 5.32 Å². The van der Waals surface area contributed by atoms with Crippen molar-refractivity contribution in [2.24, 2.45) is 0 Å². The van der Waals surface area contributed by atoms with E-state index >= 15 is 0 Å². The molecule has 1 heterocycles. The molecule has 2 rings (SSSR count). The molecule has 1 saturated heterocycles. The van der Waals surface area contributed by atoms with E-state index in [1.807, 2.05) is 0 Å². The van der Waals surface area contributed by atoms with Crippen LogP contribution >= 0.6 is 12.2 Å². The van der Waals surface area contributed by atoms with Gasteiger partial charge in [-0.25, -0.2) is 0 Å². The number of para-hydroxylation sites is 1. The summed E-state index contributed by atoms with van der Waals surface area (Å²) in [4.78, 5) is 23.8. The molecular weight excluding hydrogens is 266 g/mol. The van der Waals surface area contributed by atoms with Gasteiger partial charge in [-0.1, -0.05) is 12.1 Å². The van der Waals surface area contributed by atoms with Crippen LogP contribution in [0.5, 0.6) is 0 Å². The lowest BCUT2D eigenvalue weighted by Crippen LogP contribution is -2.30. The number of amides is 1. The van der Waals surface area contributed by atoms with Gasteiger partial charge in [0.1, 0.15) is 5.70 Å². The zero-order valence-corrected chi connectivity index (χ0v) is 10.9. The first kappa shape index (κ1) is 13.2. The van der Waals surface area contributed by atoms with Crippen LogP contribution in [0, 0.1) is 10.1 Å². The number of nitro groups is 1. The van der Waals surface area contributed by atoms with Gasteiger partial charge in [0.05, 0.1) is 10.5 Å². The number of thiocarbonyl (C=S) groups is 1. The number of hydrogen-bond donors (Lipinski definition) is 1. The van der Waals surface area contributed by atoms with Gasteiger partial charge in [0.2, 0.25) is 0 Å². The van der Waals surface area contributed by atoms with Crippen molar-refractivity contribution in [2.45, 2.75) is 6.92 Å². The van der Waals surface area contributed by atoms with Crippen molar-refractivity contribution in [3.05, 3.63) is 45.6 Å². The third-order valence-electron chi connectivity index (χ3n) is 2.71. The number of likely N-dealkylation sites (N-methyl/N-ethyl adjacent to an activating group) is 1. The van der Waals surface area contributed by atoms with E-state index in [0.717, 1.165) is 0 Å². The summed E-state index contributed by atoms with van der Waals surface area (Å²) in [6.45, 7) is 2.26. The van der Waals surface area contributed by atoms with E-state index in [1.165, 1.54) is 17.0 Å². The van der Waals surface area contributed by atoms with E-state index in [9.17, 15) is 14.9 Å². The SMILES string of the molecule is CCN1C(=O)/C(=C\c2ccccc2[N+](=O)[O-])NC1=S. The minimum Gasteiger partial charge on any atom is -0.328 e. The van der Waals surface area contributed by atoms with E-state index in [-0.39, 0.29) is 17.3 Å². The molecule has 0 aliphatic carbocycles. The van der Waals surface area contributed by atoms with Gasteiger partial charge in [-0.15, -0.1) is 0 Å². The second-order valence-corrected chi connectivity index (χ2v) is 4.24. The highest BCUT2D eigenvalue weighted by atomic mass is 32.1. The summed E-state index contributed by atoms with van der Waals surface area (Å²) in [6.07, 6.45) is 1.45. The van der Waals surface area contributed by atoms with Crippen LogP contribution in [0.1, 0.15) is 12.5 Å². The summed E-state index contributed by atoms with van der Waals surface area (Å²) >= 11 is 5.01. The van der Waals surface area contributed by atoms with Crippen LogP contribution in [0.15, 0.2) is 30.0 Å². The van der Waals surface area contributed by atoms with Gasteiger partial charge in [0.15, 0.2) is 5.11 Å². The van der Waals surface area contributed by atoms with Gasteiger partial charge in [-0.3, -0.25) is 19.8 Å². The summed E-state index contributed by atoms with van der Waals surface area (Å²) < 4.78 is 0. The molecule has 0 spiro atoms. The van der Waals surface area contributed by atoms with Crippen molar-refractivity contribution < 1.29 is 9.72 Å². The molecule has 0 unspecified atom stereocenters. The van der Waals surface area contributed by atoms with Gasteiger partial charge in [0.25, 0.3) is 11.6 Å². The molecule has 1 N–H and O–H groups in total. The molecule has 0 aromatic heterocycles. The number of benzene rings is 1. The summed E-state index contributed by atoms with van der Waals surface area (Å²) in [5.41, 5.74) is 0.565. The largest absolute Gasteiger partial charge is 0.328 e. The lowest BCUT2D eigenvalue weighted by molar-refractivity contribution is -0.385. The third kappa shape index (κ3) is 2.45. The summed E-state index contributed by atoms with van der Waals surface area (Å²) in [6, 6.07) is 6.22. The molecule has 1 aromatic carbocycles. The first-order valence-electron chi connectivity index (χ1n) is 5.62. The highest BCUT2D eigenvalue weighted by Crippen LogP contribution is 2.22. The number of nitrogens with one attached hydrogen (secondary N) is 1. The van der Waals surface area contributed by atoms with E-state index in [2.05, 4.69) is 5.32 Å². The molecule has 0 bridgehead atoms. The number of carbonyl (C=O) groups excluding carboxylic acids is 1. The van der Waals surface area contributed by atoms with Crippen LogP contribution in [-0.2, 0) is 4.79 Å². The number of nitrogens with zero attached hydrogens (tertiary/aromatic N) is 2. The van der Waals surface area contributed by atoms with E-state index in [0.29, 0.717) is 17.2 Å². The Balaban J connectivity index is 2.41. The van der Waals surface area contributed by atoms with Crippen molar-refractivity contribution in [1.82, 2.24) is 10.2 Å². The molecule has 0 radical (unpaired) electrons. The first-order chi connectivity index (χ1) is 9.04. The number of hydrogen-bond acceptors (Lipinski definition) is 4. The summed E-state index contributed by atoms with van der Waals surface area (Å²) in [5, 5.41) is 14.0. The molecule has 1 aliphatic rings. The van der Waals surface area contributed by atoms with Crippen molar-refractivity contribution >= 4 is 35.0 Å². The minimum atomic E-state index is -0.484. The predicted molar refractivity (Wildman–Crippen MR) is 74.2 cm³/mol. The monoisotopic (exact) mass is 277 g/mol. The highest BCUT2D eigenvalue weighted by Gasteiger charge is 2.29. The Morgan fingerprint density at radius 2 is 2.16 bits per heavy atom. The fourth-order valence-electron chi connectivity index (χ4n) is 1.79. The van der Waals surface area contributed by atoms with Crippen LogP contribution in [0.3, 0.4) is 0 Å². The van der Waals surface area contributed by atoms with Crippen LogP contribution in [0.2, 0.25) is 0 Å².